The van der Waals surface area contributed by atoms with E-state index in [4.69, 9.17) is 16.3 Å². The number of benzene rings is 1. The third kappa shape index (κ3) is 3.84. The number of ether oxygens (including phenoxy) is 1. The quantitative estimate of drug-likeness (QED) is 0.685. The molecule has 0 saturated carbocycles. The minimum atomic E-state index is -0.688. The van der Waals surface area contributed by atoms with E-state index in [1.807, 2.05) is 13.8 Å². The molecule has 0 bridgehead atoms. The molecule has 0 spiro atoms. The third-order valence-electron chi connectivity index (χ3n) is 2.83. The van der Waals surface area contributed by atoms with Crippen molar-refractivity contribution < 1.29 is 13.5 Å². The van der Waals surface area contributed by atoms with Crippen LogP contribution in [0.5, 0.6) is 5.75 Å². The normalized spacial score (nSPS) is 10.9. The summed E-state index contributed by atoms with van der Waals surface area (Å²) in [5.74, 6) is -1.27. The fourth-order valence-corrected chi connectivity index (χ4v) is 1.71. The molecule has 0 aliphatic carbocycles. The third-order valence-corrected chi connectivity index (χ3v) is 3.14. The second-order valence-electron chi connectivity index (χ2n) is 4.02. The van der Waals surface area contributed by atoms with Crippen molar-refractivity contribution in [2.45, 2.75) is 32.6 Å². The van der Waals surface area contributed by atoms with Crippen molar-refractivity contribution in [3.05, 3.63) is 29.3 Å². The molecule has 1 aromatic carbocycles. The van der Waals surface area contributed by atoms with Crippen LogP contribution < -0.4 is 4.74 Å². The molecule has 0 heterocycles. The summed E-state index contributed by atoms with van der Waals surface area (Å²) in [6.07, 6.45) is 1.86. The van der Waals surface area contributed by atoms with Gasteiger partial charge < -0.3 is 4.74 Å². The molecular formula is C13H17ClF2O. The Labute approximate surface area is 106 Å². The van der Waals surface area contributed by atoms with E-state index in [2.05, 4.69) is 0 Å². The van der Waals surface area contributed by atoms with Gasteiger partial charge in [-0.2, -0.15) is 0 Å². The first kappa shape index (κ1) is 14.2. The summed E-state index contributed by atoms with van der Waals surface area (Å²) in [7, 11) is 0. The largest absolute Gasteiger partial charge is 0.487 e. The van der Waals surface area contributed by atoms with Gasteiger partial charge in [-0.05, 0) is 23.6 Å². The summed E-state index contributed by atoms with van der Waals surface area (Å²) in [5.41, 5.74) is 0.413. The Morgan fingerprint density at radius 2 is 1.71 bits per heavy atom. The maximum atomic E-state index is 13.5. The highest BCUT2D eigenvalue weighted by Gasteiger charge is 2.14. The summed E-state index contributed by atoms with van der Waals surface area (Å²) < 4.78 is 32.3. The van der Waals surface area contributed by atoms with E-state index >= 15 is 0 Å². The fourth-order valence-electron chi connectivity index (χ4n) is 1.55. The fraction of sp³-hybridized carbons (Fsp3) is 0.538. The molecule has 0 fully saturated rings. The van der Waals surface area contributed by atoms with Crippen LogP contribution in [0.3, 0.4) is 0 Å². The van der Waals surface area contributed by atoms with E-state index in [0.717, 1.165) is 12.8 Å². The van der Waals surface area contributed by atoms with Gasteiger partial charge in [0, 0.05) is 5.88 Å². The lowest BCUT2D eigenvalue weighted by Crippen LogP contribution is -2.12. The second kappa shape index (κ2) is 6.80. The second-order valence-corrected chi connectivity index (χ2v) is 4.28. The summed E-state index contributed by atoms with van der Waals surface area (Å²) >= 11 is 5.52. The Hall–Kier alpha value is -0.830. The SMILES string of the molecule is CCC(CC)COc1c(F)cc(CCl)cc1F. The molecule has 0 aliphatic heterocycles. The molecule has 0 radical (unpaired) electrons. The molecule has 0 aromatic heterocycles. The Morgan fingerprint density at radius 3 is 2.12 bits per heavy atom. The zero-order chi connectivity index (χ0) is 12.8. The van der Waals surface area contributed by atoms with Gasteiger partial charge in [0.15, 0.2) is 17.4 Å². The first-order valence-corrected chi connectivity index (χ1v) is 6.32. The number of halogens is 3. The maximum Gasteiger partial charge on any atom is 0.190 e. The molecule has 0 unspecified atom stereocenters. The molecule has 0 aliphatic rings. The molecule has 4 heteroatoms. The summed E-state index contributed by atoms with van der Waals surface area (Å²) in [4.78, 5) is 0. The van der Waals surface area contributed by atoms with E-state index in [9.17, 15) is 8.78 Å². The number of alkyl halides is 1. The molecule has 1 rings (SSSR count). The van der Waals surface area contributed by atoms with Crippen molar-refractivity contribution in [3.63, 3.8) is 0 Å². The lowest BCUT2D eigenvalue weighted by atomic mass is 10.1. The van der Waals surface area contributed by atoms with Gasteiger partial charge >= 0.3 is 0 Å². The van der Waals surface area contributed by atoms with Crippen LogP contribution in [0.2, 0.25) is 0 Å². The molecule has 1 aromatic rings. The van der Waals surface area contributed by atoms with Crippen LogP contribution in [0.1, 0.15) is 32.3 Å². The van der Waals surface area contributed by atoms with Gasteiger partial charge in [0.05, 0.1) is 6.61 Å². The van der Waals surface area contributed by atoms with Crippen molar-refractivity contribution in [1.82, 2.24) is 0 Å². The smallest absolute Gasteiger partial charge is 0.190 e. The van der Waals surface area contributed by atoms with Crippen LogP contribution in [0.15, 0.2) is 12.1 Å². The minimum absolute atomic E-state index is 0.0840. The van der Waals surface area contributed by atoms with E-state index in [1.165, 1.54) is 12.1 Å². The monoisotopic (exact) mass is 262 g/mol. The first-order valence-electron chi connectivity index (χ1n) is 5.79. The molecular weight excluding hydrogens is 246 g/mol. The highest BCUT2D eigenvalue weighted by atomic mass is 35.5. The predicted octanol–water partition coefficient (Wildman–Crippen LogP) is 4.52. The number of hydrogen-bond acceptors (Lipinski definition) is 1. The van der Waals surface area contributed by atoms with Crippen LogP contribution >= 0.6 is 11.6 Å². The Bertz CT molecular complexity index is 341. The highest BCUT2D eigenvalue weighted by molar-refractivity contribution is 6.17. The van der Waals surface area contributed by atoms with E-state index in [1.54, 1.807) is 0 Å². The van der Waals surface area contributed by atoms with Gasteiger partial charge in [-0.3, -0.25) is 0 Å². The van der Waals surface area contributed by atoms with Crippen LogP contribution in [-0.2, 0) is 5.88 Å². The minimum Gasteiger partial charge on any atom is -0.487 e. The van der Waals surface area contributed by atoms with Gasteiger partial charge in [-0.15, -0.1) is 11.6 Å². The van der Waals surface area contributed by atoms with E-state index in [-0.39, 0.29) is 11.6 Å². The number of hydrogen-bond donors (Lipinski definition) is 0. The molecule has 0 amide bonds. The standard InChI is InChI=1S/C13H17ClF2O/c1-3-9(4-2)8-17-13-11(15)5-10(7-14)6-12(13)16/h5-6,9H,3-4,7-8H2,1-2H3. The van der Waals surface area contributed by atoms with Gasteiger partial charge in [-0.1, -0.05) is 26.7 Å². The topological polar surface area (TPSA) is 9.23 Å². The van der Waals surface area contributed by atoms with E-state index < -0.39 is 11.6 Å². The zero-order valence-electron chi connectivity index (χ0n) is 10.1. The molecule has 1 nitrogen and oxygen atoms in total. The summed E-state index contributed by atoms with van der Waals surface area (Å²) in [6, 6.07) is 2.41. The van der Waals surface area contributed by atoms with Crippen molar-refractivity contribution >= 4 is 11.6 Å². The first-order chi connectivity index (χ1) is 8.12. The lowest BCUT2D eigenvalue weighted by molar-refractivity contribution is 0.221. The van der Waals surface area contributed by atoms with Crippen LogP contribution in [0.25, 0.3) is 0 Å². The van der Waals surface area contributed by atoms with Gasteiger partial charge in [0.1, 0.15) is 0 Å². The van der Waals surface area contributed by atoms with Crippen molar-refractivity contribution in [2.75, 3.05) is 6.61 Å². The number of rotatable bonds is 6. The maximum absolute atomic E-state index is 13.5. The van der Waals surface area contributed by atoms with Crippen LogP contribution in [-0.4, -0.2) is 6.61 Å². The van der Waals surface area contributed by atoms with Crippen molar-refractivity contribution in [3.8, 4) is 5.75 Å². The van der Waals surface area contributed by atoms with Crippen LogP contribution in [0.4, 0.5) is 8.78 Å². The average Bonchev–Trinajstić information content (AvgIpc) is 2.32. The van der Waals surface area contributed by atoms with Gasteiger partial charge in [0.25, 0.3) is 0 Å². The summed E-state index contributed by atoms with van der Waals surface area (Å²) in [6.45, 7) is 4.39. The van der Waals surface area contributed by atoms with Gasteiger partial charge in [-0.25, -0.2) is 8.78 Å². The molecule has 0 atom stereocenters. The molecule has 96 valence electrons. The molecule has 0 saturated heterocycles. The van der Waals surface area contributed by atoms with Crippen molar-refractivity contribution in [2.24, 2.45) is 5.92 Å². The zero-order valence-corrected chi connectivity index (χ0v) is 10.9. The molecule has 17 heavy (non-hydrogen) atoms. The lowest BCUT2D eigenvalue weighted by Gasteiger charge is -2.15. The Kier molecular flexibility index (Phi) is 5.69. The van der Waals surface area contributed by atoms with Crippen molar-refractivity contribution in [1.29, 1.82) is 0 Å². The Morgan fingerprint density at radius 1 is 1.18 bits per heavy atom. The van der Waals surface area contributed by atoms with Crippen LogP contribution in [0, 0.1) is 17.6 Å². The average molecular weight is 263 g/mol. The Balaban J connectivity index is 2.77. The predicted molar refractivity (Wildman–Crippen MR) is 65.5 cm³/mol. The summed E-state index contributed by atoms with van der Waals surface area (Å²) in [5, 5.41) is 0. The van der Waals surface area contributed by atoms with E-state index in [0.29, 0.717) is 18.1 Å². The highest BCUT2D eigenvalue weighted by Crippen LogP contribution is 2.25. The van der Waals surface area contributed by atoms with Gasteiger partial charge in [0.2, 0.25) is 0 Å². The molecule has 0 N–H and O–H groups in total.